The number of nitrogens with zero attached hydrogens (tertiary/aromatic N) is 4. The Bertz CT molecular complexity index is 1170. The van der Waals surface area contributed by atoms with Crippen LogP contribution in [0.25, 0.3) is 0 Å². The van der Waals surface area contributed by atoms with Crippen molar-refractivity contribution in [2.75, 3.05) is 36.5 Å². The average molecular weight is 452 g/mol. The Morgan fingerprint density at radius 3 is 3.00 bits per heavy atom. The third kappa shape index (κ3) is 4.17. The van der Waals surface area contributed by atoms with Crippen LogP contribution in [0.3, 0.4) is 0 Å². The van der Waals surface area contributed by atoms with Crippen molar-refractivity contribution in [1.82, 2.24) is 15.3 Å². The van der Waals surface area contributed by atoms with Crippen molar-refractivity contribution in [3.05, 3.63) is 41.0 Å². The highest BCUT2D eigenvalue weighted by Crippen LogP contribution is 2.31. The van der Waals surface area contributed by atoms with Crippen LogP contribution in [0.4, 0.5) is 20.8 Å². The number of fused-ring (bicyclic) bond motifs is 2. The number of amides is 2. The summed E-state index contributed by atoms with van der Waals surface area (Å²) in [6.45, 7) is 1.56. The standard InChI is InChI=1S/C22H21FN6O4/c23-16-9-26-17(7-24)15-6-12(5-14(15)16)8-25-4-3-13-10-29(22(31)33-13)19-2-1-18-21(27-19)28-20(30)11-32-18/h1-2,9,12-13,25H,3-6,8,10-11H2,(H,27,28,30). The van der Waals surface area contributed by atoms with Gasteiger partial charge < -0.3 is 20.1 Å². The van der Waals surface area contributed by atoms with E-state index in [4.69, 9.17) is 9.47 Å². The first-order valence-electron chi connectivity index (χ1n) is 10.7. The molecule has 1 aliphatic carbocycles. The number of hydrogen-bond acceptors (Lipinski definition) is 8. The summed E-state index contributed by atoms with van der Waals surface area (Å²) in [5, 5.41) is 15.2. The van der Waals surface area contributed by atoms with Gasteiger partial charge in [-0.15, -0.1) is 0 Å². The Morgan fingerprint density at radius 2 is 2.15 bits per heavy atom. The molecule has 170 valence electrons. The number of cyclic esters (lactones) is 1. The van der Waals surface area contributed by atoms with E-state index in [-0.39, 0.29) is 36.2 Å². The fourth-order valence-electron chi connectivity index (χ4n) is 4.43. The number of carbonyl (C=O) groups excluding carboxylic acids is 2. The van der Waals surface area contributed by atoms with Gasteiger partial charge in [0.1, 0.15) is 29.5 Å². The van der Waals surface area contributed by atoms with Crippen molar-refractivity contribution >= 4 is 23.6 Å². The third-order valence-corrected chi connectivity index (χ3v) is 6.02. The molecule has 2 N–H and O–H groups in total. The van der Waals surface area contributed by atoms with Gasteiger partial charge in [-0.25, -0.2) is 19.2 Å². The number of halogens is 1. The number of aromatic nitrogens is 2. The zero-order valence-electron chi connectivity index (χ0n) is 17.6. The maximum Gasteiger partial charge on any atom is 0.415 e. The minimum atomic E-state index is -0.492. The molecule has 2 aromatic heterocycles. The van der Waals surface area contributed by atoms with Crippen LogP contribution in [-0.2, 0) is 22.4 Å². The first kappa shape index (κ1) is 21.1. The normalized spacial score (nSPS) is 21.0. The minimum absolute atomic E-state index is 0.0624. The molecule has 1 fully saturated rings. The lowest BCUT2D eigenvalue weighted by Crippen LogP contribution is -2.30. The summed E-state index contributed by atoms with van der Waals surface area (Å²) in [7, 11) is 0. The summed E-state index contributed by atoms with van der Waals surface area (Å²) < 4.78 is 24.8. The summed E-state index contributed by atoms with van der Waals surface area (Å²) >= 11 is 0. The third-order valence-electron chi connectivity index (χ3n) is 6.02. The molecule has 0 radical (unpaired) electrons. The summed E-state index contributed by atoms with van der Waals surface area (Å²) in [5.41, 5.74) is 1.60. The topological polar surface area (TPSA) is 129 Å². The molecule has 2 atom stereocenters. The zero-order chi connectivity index (χ0) is 22.9. The van der Waals surface area contributed by atoms with Crippen LogP contribution in [0.5, 0.6) is 5.75 Å². The van der Waals surface area contributed by atoms with Gasteiger partial charge in [0.2, 0.25) is 0 Å². The number of ether oxygens (including phenoxy) is 2. The number of carbonyl (C=O) groups is 2. The highest BCUT2D eigenvalue weighted by atomic mass is 19.1. The number of rotatable bonds is 6. The van der Waals surface area contributed by atoms with Crippen molar-refractivity contribution in [2.45, 2.75) is 25.4 Å². The Labute approximate surface area is 188 Å². The Morgan fingerprint density at radius 1 is 1.30 bits per heavy atom. The second-order valence-corrected chi connectivity index (χ2v) is 8.26. The highest BCUT2D eigenvalue weighted by Gasteiger charge is 2.34. The van der Waals surface area contributed by atoms with Gasteiger partial charge in [0.05, 0.1) is 12.7 Å². The minimum Gasteiger partial charge on any atom is -0.480 e. The van der Waals surface area contributed by atoms with Gasteiger partial charge in [0.25, 0.3) is 5.91 Å². The molecule has 2 aromatic rings. The predicted molar refractivity (Wildman–Crippen MR) is 113 cm³/mol. The second-order valence-electron chi connectivity index (χ2n) is 8.26. The molecule has 2 unspecified atom stereocenters. The van der Waals surface area contributed by atoms with Gasteiger partial charge in [-0.05, 0) is 61.5 Å². The summed E-state index contributed by atoms with van der Waals surface area (Å²) in [6.07, 6.45) is 2.11. The lowest BCUT2D eigenvalue weighted by molar-refractivity contribution is -0.118. The van der Waals surface area contributed by atoms with Crippen molar-refractivity contribution in [2.24, 2.45) is 5.92 Å². The predicted octanol–water partition coefficient (Wildman–Crippen LogP) is 1.54. The van der Waals surface area contributed by atoms with Gasteiger partial charge in [0, 0.05) is 0 Å². The van der Waals surface area contributed by atoms with Gasteiger partial charge in [-0.2, -0.15) is 5.26 Å². The van der Waals surface area contributed by atoms with E-state index in [0.29, 0.717) is 67.3 Å². The highest BCUT2D eigenvalue weighted by molar-refractivity contribution is 5.95. The van der Waals surface area contributed by atoms with Crippen molar-refractivity contribution < 1.29 is 23.5 Å². The number of hydrogen-bond donors (Lipinski definition) is 2. The zero-order valence-corrected chi connectivity index (χ0v) is 17.6. The van der Waals surface area contributed by atoms with Crippen molar-refractivity contribution in [3.63, 3.8) is 0 Å². The number of nitrogens with one attached hydrogen (secondary N) is 2. The van der Waals surface area contributed by atoms with Crippen molar-refractivity contribution in [3.8, 4) is 11.8 Å². The van der Waals surface area contributed by atoms with Crippen LogP contribution in [0.2, 0.25) is 0 Å². The number of pyridine rings is 2. The van der Waals surface area contributed by atoms with Crippen LogP contribution < -0.4 is 20.3 Å². The van der Waals surface area contributed by atoms with Crippen LogP contribution in [0.15, 0.2) is 18.3 Å². The molecule has 10 nitrogen and oxygen atoms in total. The number of anilines is 2. The molecule has 2 amide bonds. The molecule has 0 bridgehead atoms. The van der Waals surface area contributed by atoms with Gasteiger partial charge in [-0.3, -0.25) is 9.69 Å². The lowest BCUT2D eigenvalue weighted by Gasteiger charge is -2.19. The van der Waals surface area contributed by atoms with E-state index in [0.717, 1.165) is 6.20 Å². The monoisotopic (exact) mass is 452 g/mol. The van der Waals surface area contributed by atoms with Crippen LogP contribution in [0.1, 0.15) is 23.2 Å². The molecule has 5 rings (SSSR count). The molecule has 1 saturated heterocycles. The molecule has 0 aromatic carbocycles. The first-order chi connectivity index (χ1) is 16.0. The quantitative estimate of drug-likeness (QED) is 0.632. The van der Waals surface area contributed by atoms with E-state index < -0.39 is 6.09 Å². The average Bonchev–Trinajstić information content (AvgIpc) is 3.40. The van der Waals surface area contributed by atoms with E-state index in [1.54, 1.807) is 12.1 Å². The number of nitriles is 1. The largest absolute Gasteiger partial charge is 0.480 e. The SMILES string of the molecule is N#Cc1ncc(F)c2c1CC(CNCCC1CN(c3ccc4c(n3)NC(=O)CO4)C(=O)O1)C2. The molecule has 0 saturated carbocycles. The second kappa shape index (κ2) is 8.63. The summed E-state index contributed by atoms with van der Waals surface area (Å²) in [5.74, 6) is 0.654. The summed E-state index contributed by atoms with van der Waals surface area (Å²) in [6, 6.07) is 5.35. The molecule has 11 heteroatoms. The smallest absolute Gasteiger partial charge is 0.415 e. The fraction of sp³-hybridized carbons (Fsp3) is 0.409. The van der Waals surface area contributed by atoms with E-state index in [2.05, 4.69) is 20.6 Å². The first-order valence-corrected chi connectivity index (χ1v) is 10.7. The molecular formula is C22H21FN6O4. The molecular weight excluding hydrogens is 431 g/mol. The van der Waals surface area contributed by atoms with Gasteiger partial charge >= 0.3 is 6.09 Å². The van der Waals surface area contributed by atoms with E-state index in [1.165, 1.54) is 4.90 Å². The molecule has 4 heterocycles. The Balaban J connectivity index is 1.11. The Kier molecular flexibility index (Phi) is 5.51. The van der Waals surface area contributed by atoms with Crippen LogP contribution in [-0.4, -0.2) is 54.3 Å². The van der Waals surface area contributed by atoms with E-state index in [1.807, 2.05) is 6.07 Å². The summed E-state index contributed by atoms with van der Waals surface area (Å²) in [4.78, 5) is 33.5. The molecule has 33 heavy (non-hydrogen) atoms. The van der Waals surface area contributed by atoms with Crippen LogP contribution >= 0.6 is 0 Å². The van der Waals surface area contributed by atoms with Gasteiger partial charge in [-0.1, -0.05) is 0 Å². The lowest BCUT2D eigenvalue weighted by atomic mass is 10.1. The van der Waals surface area contributed by atoms with Crippen molar-refractivity contribution in [1.29, 1.82) is 5.26 Å². The Hall–Kier alpha value is -3.78. The molecule has 2 aliphatic heterocycles. The molecule has 0 spiro atoms. The maximum atomic E-state index is 14.0. The van der Waals surface area contributed by atoms with Gasteiger partial charge in [0.15, 0.2) is 18.2 Å². The van der Waals surface area contributed by atoms with E-state index >= 15 is 0 Å². The van der Waals surface area contributed by atoms with E-state index in [9.17, 15) is 19.2 Å². The fourth-order valence-corrected chi connectivity index (χ4v) is 4.43. The maximum absolute atomic E-state index is 14.0. The molecule has 3 aliphatic rings. The van der Waals surface area contributed by atoms with Crippen LogP contribution in [0, 0.1) is 23.1 Å².